The summed E-state index contributed by atoms with van der Waals surface area (Å²) in [6.07, 6.45) is 3.99. The molecule has 3 aromatic rings. The maximum absolute atomic E-state index is 11.9. The lowest BCUT2D eigenvalue weighted by Gasteiger charge is -2.20. The maximum atomic E-state index is 11.9. The van der Waals surface area contributed by atoms with Crippen molar-refractivity contribution in [2.45, 2.75) is 27.2 Å². The van der Waals surface area contributed by atoms with Crippen LogP contribution < -0.4 is 14.2 Å². The number of benzene rings is 3. The molecule has 32 heavy (non-hydrogen) atoms. The van der Waals surface area contributed by atoms with Gasteiger partial charge in [0.1, 0.15) is 5.75 Å². The van der Waals surface area contributed by atoms with Gasteiger partial charge in [-0.2, -0.15) is 0 Å². The van der Waals surface area contributed by atoms with E-state index in [0.29, 0.717) is 16.3 Å². The highest BCUT2D eigenvalue weighted by Crippen LogP contribution is 2.47. The van der Waals surface area contributed by atoms with E-state index in [0.717, 1.165) is 10.0 Å². The average molecular weight is 497 g/mol. The maximum Gasteiger partial charge on any atom is 0.308 e. The van der Waals surface area contributed by atoms with Gasteiger partial charge in [0, 0.05) is 41.6 Å². The standard InChI is InChI=1S/C25H21BrO6/c1-15(27)30-23-21(11-7-10-18-8-5-4-6-9-18)25(32-17(3)29)24(31-16(2)28)20-13-12-19(26)14-22(20)23/h4-10,12-14H,11H2,1-3H3/b10-7+. The Hall–Kier alpha value is -3.45. The number of ether oxygens (including phenoxy) is 3. The van der Waals surface area contributed by atoms with Gasteiger partial charge in [-0.1, -0.05) is 58.4 Å². The first kappa shape index (κ1) is 23.2. The van der Waals surface area contributed by atoms with Crippen LogP contribution in [0.2, 0.25) is 0 Å². The van der Waals surface area contributed by atoms with Crippen molar-refractivity contribution in [1.82, 2.24) is 0 Å². The summed E-state index contributed by atoms with van der Waals surface area (Å²) in [6, 6.07) is 14.8. The first-order chi connectivity index (χ1) is 15.3. The van der Waals surface area contributed by atoms with Gasteiger partial charge in [-0.15, -0.1) is 0 Å². The van der Waals surface area contributed by atoms with Crippen molar-refractivity contribution in [2.24, 2.45) is 0 Å². The third kappa shape index (κ3) is 5.62. The van der Waals surface area contributed by atoms with E-state index in [4.69, 9.17) is 14.2 Å². The van der Waals surface area contributed by atoms with E-state index >= 15 is 0 Å². The summed E-state index contributed by atoms with van der Waals surface area (Å²) in [5.74, 6) is -1.34. The molecular weight excluding hydrogens is 476 g/mol. The normalized spacial score (nSPS) is 10.9. The van der Waals surface area contributed by atoms with Crippen molar-refractivity contribution in [3.63, 3.8) is 0 Å². The Labute approximate surface area is 193 Å². The van der Waals surface area contributed by atoms with Crippen LogP contribution in [0.1, 0.15) is 31.9 Å². The monoisotopic (exact) mass is 496 g/mol. The van der Waals surface area contributed by atoms with Crippen LogP contribution in [-0.4, -0.2) is 17.9 Å². The van der Waals surface area contributed by atoms with E-state index in [1.165, 1.54) is 20.8 Å². The highest BCUT2D eigenvalue weighted by Gasteiger charge is 2.26. The molecule has 3 aromatic carbocycles. The van der Waals surface area contributed by atoms with E-state index in [2.05, 4.69) is 15.9 Å². The zero-order chi connectivity index (χ0) is 23.3. The molecule has 0 spiro atoms. The van der Waals surface area contributed by atoms with Crippen LogP contribution in [0.5, 0.6) is 17.2 Å². The molecule has 0 heterocycles. The van der Waals surface area contributed by atoms with Crippen LogP contribution in [0, 0.1) is 0 Å². The van der Waals surface area contributed by atoms with Crippen LogP contribution in [0.3, 0.4) is 0 Å². The van der Waals surface area contributed by atoms with Gasteiger partial charge in [0.05, 0.1) is 0 Å². The first-order valence-electron chi connectivity index (χ1n) is 9.81. The number of hydrogen-bond donors (Lipinski definition) is 0. The van der Waals surface area contributed by atoms with Gasteiger partial charge in [-0.25, -0.2) is 0 Å². The molecule has 164 valence electrons. The quantitative estimate of drug-likeness (QED) is 0.324. The third-order valence-corrected chi connectivity index (χ3v) is 4.89. The fraction of sp³-hybridized carbons (Fsp3) is 0.160. The highest BCUT2D eigenvalue weighted by molar-refractivity contribution is 9.10. The van der Waals surface area contributed by atoms with Gasteiger partial charge in [-0.3, -0.25) is 14.4 Å². The number of carbonyl (C=O) groups excluding carboxylic acids is 3. The molecule has 0 aliphatic rings. The Balaban J connectivity index is 2.30. The molecule has 0 amide bonds. The van der Waals surface area contributed by atoms with E-state index in [9.17, 15) is 14.4 Å². The number of carbonyl (C=O) groups is 3. The second kappa shape index (κ2) is 10.2. The molecule has 7 heteroatoms. The second-order valence-corrected chi connectivity index (χ2v) is 7.87. The lowest BCUT2D eigenvalue weighted by molar-refractivity contribution is -0.134. The predicted molar refractivity (Wildman–Crippen MR) is 125 cm³/mol. The Kier molecular flexibility index (Phi) is 7.43. The molecule has 3 rings (SSSR count). The lowest BCUT2D eigenvalue weighted by atomic mass is 9.99. The molecule has 0 aromatic heterocycles. The fourth-order valence-electron chi connectivity index (χ4n) is 3.25. The lowest BCUT2D eigenvalue weighted by Crippen LogP contribution is -2.12. The molecule has 0 fully saturated rings. The molecule has 0 N–H and O–H groups in total. The van der Waals surface area contributed by atoms with E-state index in [-0.39, 0.29) is 23.7 Å². The number of allylic oxidation sites excluding steroid dienone is 1. The summed E-state index contributed by atoms with van der Waals surface area (Å²) >= 11 is 3.43. The first-order valence-corrected chi connectivity index (χ1v) is 10.6. The van der Waals surface area contributed by atoms with Crippen LogP contribution >= 0.6 is 15.9 Å². The number of rotatable bonds is 6. The summed E-state index contributed by atoms with van der Waals surface area (Å²) in [4.78, 5) is 35.7. The summed E-state index contributed by atoms with van der Waals surface area (Å²) in [5.41, 5.74) is 1.38. The van der Waals surface area contributed by atoms with Gasteiger partial charge in [0.15, 0.2) is 11.5 Å². The van der Waals surface area contributed by atoms with E-state index in [1.54, 1.807) is 18.2 Å². The number of halogens is 1. The molecule has 0 atom stereocenters. The Morgan fingerprint density at radius 3 is 2.00 bits per heavy atom. The summed E-state index contributed by atoms with van der Waals surface area (Å²) in [5, 5.41) is 0.997. The SMILES string of the molecule is CC(=O)Oc1c(C/C=C/c2ccccc2)c(OC(C)=O)c2cc(Br)ccc2c1OC(C)=O. The van der Waals surface area contributed by atoms with Gasteiger partial charge < -0.3 is 14.2 Å². The molecular formula is C25H21BrO6. The average Bonchev–Trinajstić information content (AvgIpc) is 2.72. The zero-order valence-corrected chi connectivity index (χ0v) is 19.4. The van der Waals surface area contributed by atoms with Crippen molar-refractivity contribution in [1.29, 1.82) is 0 Å². The van der Waals surface area contributed by atoms with Crippen molar-refractivity contribution in [3.8, 4) is 17.2 Å². The summed E-state index contributed by atoms with van der Waals surface area (Å²) in [7, 11) is 0. The Morgan fingerprint density at radius 2 is 1.38 bits per heavy atom. The van der Waals surface area contributed by atoms with E-state index in [1.807, 2.05) is 42.5 Å². The predicted octanol–water partition coefficient (Wildman–Crippen LogP) is 5.63. The minimum atomic E-state index is -0.600. The Bertz CT molecular complexity index is 1210. The van der Waals surface area contributed by atoms with Crippen molar-refractivity contribution < 1.29 is 28.6 Å². The molecule has 0 radical (unpaired) electrons. The van der Waals surface area contributed by atoms with Crippen molar-refractivity contribution >= 4 is 50.7 Å². The molecule has 0 saturated carbocycles. The minimum absolute atomic E-state index is 0.0384. The fourth-order valence-corrected chi connectivity index (χ4v) is 3.61. The zero-order valence-electron chi connectivity index (χ0n) is 17.8. The molecule has 0 aliphatic carbocycles. The number of hydrogen-bond acceptors (Lipinski definition) is 6. The summed E-state index contributed by atoms with van der Waals surface area (Å²) in [6.45, 7) is 3.80. The van der Waals surface area contributed by atoms with Gasteiger partial charge in [-0.05, 0) is 30.2 Å². The summed E-state index contributed by atoms with van der Waals surface area (Å²) < 4.78 is 17.3. The molecule has 0 saturated heterocycles. The van der Waals surface area contributed by atoms with Crippen molar-refractivity contribution in [3.05, 3.63) is 70.2 Å². The van der Waals surface area contributed by atoms with Crippen LogP contribution in [0.25, 0.3) is 16.8 Å². The third-order valence-electron chi connectivity index (χ3n) is 4.39. The largest absolute Gasteiger partial charge is 0.426 e. The van der Waals surface area contributed by atoms with Crippen LogP contribution in [0.4, 0.5) is 0 Å². The minimum Gasteiger partial charge on any atom is -0.426 e. The Morgan fingerprint density at radius 1 is 0.781 bits per heavy atom. The van der Waals surface area contributed by atoms with Crippen molar-refractivity contribution in [2.75, 3.05) is 0 Å². The second-order valence-electron chi connectivity index (χ2n) is 6.95. The molecule has 6 nitrogen and oxygen atoms in total. The van der Waals surface area contributed by atoms with Crippen LogP contribution in [0.15, 0.2) is 59.1 Å². The van der Waals surface area contributed by atoms with Crippen LogP contribution in [-0.2, 0) is 20.8 Å². The number of esters is 3. The van der Waals surface area contributed by atoms with Gasteiger partial charge >= 0.3 is 17.9 Å². The molecule has 0 unspecified atom stereocenters. The molecule has 0 bridgehead atoms. The van der Waals surface area contributed by atoms with Gasteiger partial charge in [0.2, 0.25) is 0 Å². The smallest absolute Gasteiger partial charge is 0.308 e. The molecule has 0 aliphatic heterocycles. The van der Waals surface area contributed by atoms with E-state index < -0.39 is 17.9 Å². The van der Waals surface area contributed by atoms with Gasteiger partial charge in [0.25, 0.3) is 0 Å². The highest BCUT2D eigenvalue weighted by atomic mass is 79.9. The number of fused-ring (bicyclic) bond motifs is 1. The topological polar surface area (TPSA) is 78.9 Å².